The maximum absolute atomic E-state index is 12.4. The Balaban J connectivity index is 1.73. The maximum Gasteiger partial charge on any atom is 0.293 e. The summed E-state index contributed by atoms with van der Waals surface area (Å²) in [7, 11) is 0. The van der Waals surface area contributed by atoms with Crippen LogP contribution in [0.25, 0.3) is 0 Å². The third-order valence-electron chi connectivity index (χ3n) is 4.31. The quantitative estimate of drug-likeness (QED) is 0.608. The molecule has 1 amide bonds. The average molecular weight is 355 g/mol. The van der Waals surface area contributed by atoms with E-state index in [0.29, 0.717) is 17.9 Å². The molecule has 2 N–H and O–H groups in total. The van der Waals surface area contributed by atoms with E-state index in [2.05, 4.69) is 10.6 Å². The number of anilines is 2. The second kappa shape index (κ2) is 7.97. The van der Waals surface area contributed by atoms with E-state index in [1.807, 2.05) is 19.1 Å². The van der Waals surface area contributed by atoms with Crippen molar-refractivity contribution in [3.05, 3.63) is 63.7 Å². The standard InChI is InChI=1S/C19H21N3O4/c1-13-4-7-15(8-5-13)21-19(23)14-6-9-17(18(11-14)22(24)25)20-12-16-3-2-10-26-16/h4-9,11,16,20H,2-3,10,12H2,1H3,(H,21,23)/t16-/m0/s1. The van der Waals surface area contributed by atoms with E-state index in [4.69, 9.17) is 4.74 Å². The van der Waals surface area contributed by atoms with Crippen LogP contribution in [-0.4, -0.2) is 30.1 Å². The Bertz CT molecular complexity index is 799. The zero-order valence-corrected chi connectivity index (χ0v) is 14.5. The van der Waals surface area contributed by atoms with Gasteiger partial charge in [-0.1, -0.05) is 17.7 Å². The van der Waals surface area contributed by atoms with E-state index in [0.717, 1.165) is 25.0 Å². The molecule has 26 heavy (non-hydrogen) atoms. The second-order valence-electron chi connectivity index (χ2n) is 6.33. The topological polar surface area (TPSA) is 93.5 Å². The summed E-state index contributed by atoms with van der Waals surface area (Å²) < 4.78 is 5.52. The molecule has 0 bridgehead atoms. The number of nitrogens with one attached hydrogen (secondary N) is 2. The largest absolute Gasteiger partial charge is 0.377 e. The lowest BCUT2D eigenvalue weighted by Crippen LogP contribution is -2.19. The van der Waals surface area contributed by atoms with Crippen LogP contribution in [0.3, 0.4) is 0 Å². The van der Waals surface area contributed by atoms with E-state index < -0.39 is 4.92 Å². The first-order valence-electron chi connectivity index (χ1n) is 8.55. The first-order chi connectivity index (χ1) is 12.5. The third-order valence-corrected chi connectivity index (χ3v) is 4.31. The molecule has 0 unspecified atom stereocenters. The molecule has 2 aromatic carbocycles. The average Bonchev–Trinajstić information content (AvgIpc) is 3.15. The van der Waals surface area contributed by atoms with Crippen LogP contribution in [0.4, 0.5) is 17.1 Å². The molecule has 0 aromatic heterocycles. The van der Waals surface area contributed by atoms with Crippen molar-refractivity contribution in [1.82, 2.24) is 0 Å². The van der Waals surface area contributed by atoms with Gasteiger partial charge in [0.25, 0.3) is 11.6 Å². The van der Waals surface area contributed by atoms with Crippen molar-refractivity contribution >= 4 is 23.0 Å². The maximum atomic E-state index is 12.4. The van der Waals surface area contributed by atoms with Gasteiger partial charge in [0.1, 0.15) is 5.69 Å². The Morgan fingerprint density at radius 2 is 2.04 bits per heavy atom. The zero-order valence-electron chi connectivity index (χ0n) is 14.5. The molecule has 7 heteroatoms. The van der Waals surface area contributed by atoms with Gasteiger partial charge in [-0.05, 0) is 44.0 Å². The van der Waals surface area contributed by atoms with E-state index in [-0.39, 0.29) is 23.3 Å². The summed E-state index contributed by atoms with van der Waals surface area (Å²) in [5, 5.41) is 17.2. The van der Waals surface area contributed by atoms with Crippen molar-refractivity contribution in [2.75, 3.05) is 23.8 Å². The number of nitrogens with zero attached hydrogens (tertiary/aromatic N) is 1. The van der Waals surface area contributed by atoms with E-state index in [1.54, 1.807) is 24.3 Å². The van der Waals surface area contributed by atoms with E-state index in [1.165, 1.54) is 6.07 Å². The van der Waals surface area contributed by atoms with Crippen molar-refractivity contribution in [1.29, 1.82) is 0 Å². The minimum atomic E-state index is -0.486. The highest BCUT2D eigenvalue weighted by molar-refractivity contribution is 6.05. The summed E-state index contributed by atoms with van der Waals surface area (Å²) >= 11 is 0. The molecule has 3 rings (SSSR count). The number of hydrogen-bond donors (Lipinski definition) is 2. The van der Waals surface area contributed by atoms with Crippen molar-refractivity contribution < 1.29 is 14.5 Å². The van der Waals surface area contributed by atoms with Crippen LogP contribution in [0.1, 0.15) is 28.8 Å². The Hall–Kier alpha value is -2.93. The molecule has 7 nitrogen and oxygen atoms in total. The van der Waals surface area contributed by atoms with Crippen LogP contribution in [0, 0.1) is 17.0 Å². The highest BCUT2D eigenvalue weighted by Crippen LogP contribution is 2.27. The number of nitro groups is 1. The molecule has 2 aromatic rings. The van der Waals surface area contributed by atoms with Crippen LogP contribution in [0.5, 0.6) is 0 Å². The minimum Gasteiger partial charge on any atom is -0.377 e. The first kappa shape index (κ1) is 17.9. The van der Waals surface area contributed by atoms with Gasteiger partial charge in [0.05, 0.1) is 11.0 Å². The normalized spacial score (nSPS) is 16.3. The number of ether oxygens (including phenoxy) is 1. The summed E-state index contributed by atoms with van der Waals surface area (Å²) in [5.74, 6) is -0.386. The van der Waals surface area contributed by atoms with Crippen LogP contribution in [-0.2, 0) is 4.74 Å². The van der Waals surface area contributed by atoms with Gasteiger partial charge in [0.15, 0.2) is 0 Å². The zero-order chi connectivity index (χ0) is 18.5. The molecular formula is C19H21N3O4. The summed E-state index contributed by atoms with van der Waals surface area (Å²) in [6.07, 6.45) is 2.02. The fourth-order valence-electron chi connectivity index (χ4n) is 2.84. The highest BCUT2D eigenvalue weighted by Gasteiger charge is 2.20. The number of carbonyl (C=O) groups excluding carboxylic acids is 1. The number of nitro benzene ring substituents is 1. The number of aryl methyl sites for hydroxylation is 1. The molecule has 1 saturated heterocycles. The predicted molar refractivity (Wildman–Crippen MR) is 99.7 cm³/mol. The Labute approximate surface area is 151 Å². The number of amides is 1. The SMILES string of the molecule is Cc1ccc(NC(=O)c2ccc(NC[C@@H]3CCCO3)c([N+](=O)[O-])c2)cc1. The predicted octanol–water partition coefficient (Wildman–Crippen LogP) is 3.75. The number of benzene rings is 2. The third kappa shape index (κ3) is 4.37. The van der Waals surface area contributed by atoms with Crippen LogP contribution < -0.4 is 10.6 Å². The van der Waals surface area contributed by atoms with Crippen LogP contribution >= 0.6 is 0 Å². The number of rotatable bonds is 6. The van der Waals surface area contributed by atoms with Crippen molar-refractivity contribution in [2.45, 2.75) is 25.9 Å². The fourth-order valence-corrected chi connectivity index (χ4v) is 2.84. The summed E-state index contributed by atoms with van der Waals surface area (Å²) in [6.45, 7) is 3.19. The highest BCUT2D eigenvalue weighted by atomic mass is 16.6. The van der Waals surface area contributed by atoms with Crippen molar-refractivity contribution in [2.24, 2.45) is 0 Å². The van der Waals surface area contributed by atoms with Gasteiger partial charge < -0.3 is 15.4 Å². The minimum absolute atomic E-state index is 0.0686. The number of carbonyl (C=O) groups is 1. The van der Waals surface area contributed by atoms with E-state index >= 15 is 0 Å². The van der Waals surface area contributed by atoms with Gasteiger partial charge in [0.2, 0.25) is 0 Å². The van der Waals surface area contributed by atoms with Gasteiger partial charge in [-0.3, -0.25) is 14.9 Å². The lowest BCUT2D eigenvalue weighted by Gasteiger charge is -2.13. The molecular weight excluding hydrogens is 334 g/mol. The van der Waals surface area contributed by atoms with Crippen molar-refractivity contribution in [3.63, 3.8) is 0 Å². The molecule has 1 aliphatic heterocycles. The van der Waals surface area contributed by atoms with E-state index in [9.17, 15) is 14.9 Å². The molecule has 1 atom stereocenters. The lowest BCUT2D eigenvalue weighted by molar-refractivity contribution is -0.384. The Kier molecular flexibility index (Phi) is 5.48. The molecule has 1 heterocycles. The molecule has 0 aliphatic carbocycles. The fraction of sp³-hybridized carbons (Fsp3) is 0.316. The van der Waals surface area contributed by atoms with Gasteiger partial charge >= 0.3 is 0 Å². The van der Waals surface area contributed by atoms with Gasteiger partial charge in [-0.15, -0.1) is 0 Å². The molecule has 136 valence electrons. The molecule has 0 saturated carbocycles. The smallest absolute Gasteiger partial charge is 0.293 e. The number of hydrogen-bond acceptors (Lipinski definition) is 5. The van der Waals surface area contributed by atoms with Crippen LogP contribution in [0.2, 0.25) is 0 Å². The van der Waals surface area contributed by atoms with Crippen molar-refractivity contribution in [3.8, 4) is 0 Å². The Morgan fingerprint density at radius 1 is 1.27 bits per heavy atom. The van der Waals surface area contributed by atoms with Gasteiger partial charge in [0, 0.05) is 30.5 Å². The monoisotopic (exact) mass is 355 g/mol. The molecule has 1 aliphatic rings. The molecule has 0 spiro atoms. The second-order valence-corrected chi connectivity index (χ2v) is 6.33. The lowest BCUT2D eigenvalue weighted by atomic mass is 10.1. The first-order valence-corrected chi connectivity index (χ1v) is 8.55. The van der Waals surface area contributed by atoms with Gasteiger partial charge in [-0.25, -0.2) is 0 Å². The summed E-state index contributed by atoms with van der Waals surface area (Å²) in [4.78, 5) is 23.3. The summed E-state index contributed by atoms with van der Waals surface area (Å²) in [5.41, 5.74) is 2.22. The molecule has 1 fully saturated rings. The van der Waals surface area contributed by atoms with Gasteiger partial charge in [-0.2, -0.15) is 0 Å². The molecule has 0 radical (unpaired) electrons. The summed E-state index contributed by atoms with van der Waals surface area (Å²) in [6, 6.07) is 11.8. The van der Waals surface area contributed by atoms with Crippen LogP contribution in [0.15, 0.2) is 42.5 Å². The Morgan fingerprint density at radius 3 is 2.69 bits per heavy atom.